The highest BCUT2D eigenvalue weighted by Gasteiger charge is 2.22. The van der Waals surface area contributed by atoms with E-state index >= 15 is 0 Å². The van der Waals surface area contributed by atoms with Crippen molar-refractivity contribution in [3.05, 3.63) is 12.7 Å². The predicted octanol–water partition coefficient (Wildman–Crippen LogP) is 1.24. The highest BCUT2D eigenvalue weighted by Crippen LogP contribution is 2.11. The fourth-order valence-corrected chi connectivity index (χ4v) is 1.83. The van der Waals surface area contributed by atoms with E-state index < -0.39 is 0 Å². The van der Waals surface area contributed by atoms with Gasteiger partial charge in [-0.2, -0.15) is 0 Å². The summed E-state index contributed by atoms with van der Waals surface area (Å²) < 4.78 is 0. The molecule has 1 aliphatic heterocycles. The SMILES string of the molecule is C=CC(C)N1CCNCC1CC. The molecule has 1 saturated heterocycles. The molecule has 1 rings (SSSR count). The summed E-state index contributed by atoms with van der Waals surface area (Å²) in [7, 11) is 0. The first-order chi connectivity index (χ1) is 5.79. The first kappa shape index (κ1) is 9.75. The van der Waals surface area contributed by atoms with Crippen LogP contribution in [0.4, 0.5) is 0 Å². The van der Waals surface area contributed by atoms with Crippen LogP contribution in [0.5, 0.6) is 0 Å². The summed E-state index contributed by atoms with van der Waals surface area (Å²) in [4.78, 5) is 2.53. The average Bonchev–Trinajstić information content (AvgIpc) is 2.16. The molecule has 2 nitrogen and oxygen atoms in total. The molecule has 0 aromatic heterocycles. The van der Waals surface area contributed by atoms with Gasteiger partial charge >= 0.3 is 0 Å². The summed E-state index contributed by atoms with van der Waals surface area (Å²) in [5.41, 5.74) is 0. The molecule has 2 atom stereocenters. The summed E-state index contributed by atoms with van der Waals surface area (Å²) in [5, 5.41) is 3.42. The molecule has 0 aliphatic carbocycles. The van der Waals surface area contributed by atoms with Crippen LogP contribution in [0.1, 0.15) is 20.3 Å². The van der Waals surface area contributed by atoms with E-state index in [2.05, 4.69) is 30.6 Å². The summed E-state index contributed by atoms with van der Waals surface area (Å²) in [6.45, 7) is 11.7. The molecule has 12 heavy (non-hydrogen) atoms. The second-order valence-corrected chi connectivity index (χ2v) is 3.48. The van der Waals surface area contributed by atoms with E-state index in [1.807, 2.05) is 6.08 Å². The molecule has 0 aromatic rings. The van der Waals surface area contributed by atoms with Gasteiger partial charge in [-0.15, -0.1) is 6.58 Å². The predicted molar refractivity (Wildman–Crippen MR) is 53.3 cm³/mol. The Morgan fingerprint density at radius 2 is 2.50 bits per heavy atom. The molecular formula is C10H20N2. The Kier molecular flexibility index (Phi) is 3.76. The molecule has 0 aromatic carbocycles. The van der Waals surface area contributed by atoms with Gasteiger partial charge in [0.05, 0.1) is 0 Å². The zero-order valence-electron chi connectivity index (χ0n) is 8.21. The number of hydrogen-bond acceptors (Lipinski definition) is 2. The van der Waals surface area contributed by atoms with Gasteiger partial charge in [0.1, 0.15) is 0 Å². The lowest BCUT2D eigenvalue weighted by atomic mass is 10.1. The zero-order chi connectivity index (χ0) is 8.97. The smallest absolute Gasteiger partial charge is 0.0251 e. The van der Waals surface area contributed by atoms with Gasteiger partial charge in [-0.1, -0.05) is 13.0 Å². The quantitative estimate of drug-likeness (QED) is 0.638. The highest BCUT2D eigenvalue weighted by atomic mass is 15.2. The first-order valence-electron chi connectivity index (χ1n) is 4.88. The number of piperazine rings is 1. The van der Waals surface area contributed by atoms with E-state index in [-0.39, 0.29) is 0 Å². The number of nitrogens with zero attached hydrogens (tertiary/aromatic N) is 1. The zero-order valence-corrected chi connectivity index (χ0v) is 8.21. The maximum Gasteiger partial charge on any atom is 0.0251 e. The summed E-state index contributed by atoms with van der Waals surface area (Å²) in [6, 6.07) is 1.23. The van der Waals surface area contributed by atoms with Crippen LogP contribution in [0.25, 0.3) is 0 Å². The van der Waals surface area contributed by atoms with Crippen LogP contribution in [-0.2, 0) is 0 Å². The molecular weight excluding hydrogens is 148 g/mol. The molecule has 2 heteroatoms. The Hall–Kier alpha value is -0.340. The summed E-state index contributed by atoms with van der Waals surface area (Å²) in [6.07, 6.45) is 3.26. The minimum absolute atomic E-state index is 0.525. The van der Waals surface area contributed by atoms with Crippen LogP contribution in [-0.4, -0.2) is 36.6 Å². The van der Waals surface area contributed by atoms with Gasteiger partial charge in [0, 0.05) is 31.7 Å². The Labute approximate surface area is 75.6 Å². The van der Waals surface area contributed by atoms with E-state index in [0.717, 1.165) is 19.6 Å². The number of nitrogens with one attached hydrogen (secondary N) is 1. The molecule has 1 fully saturated rings. The standard InChI is InChI=1S/C10H20N2/c1-4-9(3)12-7-6-11-8-10(12)5-2/h4,9-11H,1,5-8H2,2-3H3. The molecule has 2 unspecified atom stereocenters. The lowest BCUT2D eigenvalue weighted by Crippen LogP contribution is -2.53. The molecule has 1 aliphatic rings. The van der Waals surface area contributed by atoms with Gasteiger partial charge in [0.2, 0.25) is 0 Å². The fraction of sp³-hybridized carbons (Fsp3) is 0.800. The molecule has 1 N–H and O–H groups in total. The third-order valence-corrected chi connectivity index (χ3v) is 2.73. The van der Waals surface area contributed by atoms with Gasteiger partial charge < -0.3 is 5.32 Å². The second kappa shape index (κ2) is 4.63. The number of hydrogen-bond donors (Lipinski definition) is 1. The monoisotopic (exact) mass is 168 g/mol. The van der Waals surface area contributed by atoms with Crippen LogP contribution < -0.4 is 5.32 Å². The maximum absolute atomic E-state index is 3.84. The Morgan fingerprint density at radius 1 is 1.75 bits per heavy atom. The largest absolute Gasteiger partial charge is 0.314 e. The molecule has 0 radical (unpaired) electrons. The van der Waals surface area contributed by atoms with E-state index in [0.29, 0.717) is 12.1 Å². The van der Waals surface area contributed by atoms with Crippen LogP contribution in [0.3, 0.4) is 0 Å². The lowest BCUT2D eigenvalue weighted by molar-refractivity contribution is 0.133. The van der Waals surface area contributed by atoms with Crippen molar-refractivity contribution < 1.29 is 0 Å². The first-order valence-corrected chi connectivity index (χ1v) is 4.88. The minimum Gasteiger partial charge on any atom is -0.314 e. The van der Waals surface area contributed by atoms with Gasteiger partial charge in [-0.3, -0.25) is 4.90 Å². The average molecular weight is 168 g/mol. The van der Waals surface area contributed by atoms with Crippen molar-refractivity contribution >= 4 is 0 Å². The van der Waals surface area contributed by atoms with E-state index in [9.17, 15) is 0 Å². The molecule has 0 bridgehead atoms. The highest BCUT2D eigenvalue weighted by molar-refractivity contribution is 4.90. The Balaban J connectivity index is 2.51. The molecule has 1 heterocycles. The van der Waals surface area contributed by atoms with Crippen LogP contribution in [0, 0.1) is 0 Å². The van der Waals surface area contributed by atoms with Crippen LogP contribution >= 0.6 is 0 Å². The van der Waals surface area contributed by atoms with Crippen molar-refractivity contribution in [2.45, 2.75) is 32.4 Å². The second-order valence-electron chi connectivity index (χ2n) is 3.48. The van der Waals surface area contributed by atoms with Crippen LogP contribution in [0.2, 0.25) is 0 Å². The van der Waals surface area contributed by atoms with E-state index in [4.69, 9.17) is 0 Å². The van der Waals surface area contributed by atoms with Gasteiger partial charge in [-0.25, -0.2) is 0 Å². The number of rotatable bonds is 3. The van der Waals surface area contributed by atoms with Crippen molar-refractivity contribution in [2.24, 2.45) is 0 Å². The van der Waals surface area contributed by atoms with Gasteiger partial charge in [-0.05, 0) is 13.3 Å². The Morgan fingerprint density at radius 3 is 3.08 bits per heavy atom. The van der Waals surface area contributed by atoms with Gasteiger partial charge in [0.15, 0.2) is 0 Å². The van der Waals surface area contributed by atoms with Crippen molar-refractivity contribution in [1.82, 2.24) is 10.2 Å². The van der Waals surface area contributed by atoms with E-state index in [1.54, 1.807) is 0 Å². The van der Waals surface area contributed by atoms with Crippen LogP contribution in [0.15, 0.2) is 12.7 Å². The third kappa shape index (κ3) is 2.08. The summed E-state index contributed by atoms with van der Waals surface area (Å²) >= 11 is 0. The molecule has 0 saturated carbocycles. The van der Waals surface area contributed by atoms with Crippen molar-refractivity contribution in [3.63, 3.8) is 0 Å². The van der Waals surface area contributed by atoms with Crippen molar-refractivity contribution in [2.75, 3.05) is 19.6 Å². The van der Waals surface area contributed by atoms with Crippen molar-refractivity contribution in [1.29, 1.82) is 0 Å². The van der Waals surface area contributed by atoms with Crippen molar-refractivity contribution in [3.8, 4) is 0 Å². The molecule has 0 amide bonds. The molecule has 0 spiro atoms. The summed E-state index contributed by atoms with van der Waals surface area (Å²) in [5.74, 6) is 0. The van der Waals surface area contributed by atoms with E-state index in [1.165, 1.54) is 6.42 Å². The Bertz CT molecular complexity index is 145. The van der Waals surface area contributed by atoms with Gasteiger partial charge in [0.25, 0.3) is 0 Å². The lowest BCUT2D eigenvalue weighted by Gasteiger charge is -2.38. The third-order valence-electron chi connectivity index (χ3n) is 2.73. The maximum atomic E-state index is 3.84. The molecule has 70 valence electrons. The topological polar surface area (TPSA) is 15.3 Å². The minimum atomic E-state index is 0.525. The fourth-order valence-electron chi connectivity index (χ4n) is 1.83. The normalized spacial score (nSPS) is 28.3.